The predicted molar refractivity (Wildman–Crippen MR) is 57.1 cm³/mol. The summed E-state index contributed by atoms with van der Waals surface area (Å²) in [6, 6.07) is 8.65. The second kappa shape index (κ2) is 4.58. The molecule has 0 saturated heterocycles. The zero-order valence-electron chi connectivity index (χ0n) is 8.45. The van der Waals surface area contributed by atoms with Gasteiger partial charge in [0, 0.05) is 26.2 Å². The highest BCUT2D eigenvalue weighted by atomic mass is 16.3. The van der Waals surface area contributed by atoms with Crippen molar-refractivity contribution < 1.29 is 5.11 Å². The number of hydrogen-bond acceptors (Lipinski definition) is 2. The van der Waals surface area contributed by atoms with Crippen LogP contribution in [-0.4, -0.2) is 29.7 Å². The molecule has 0 saturated carbocycles. The molecular weight excluding hydrogens is 174 g/mol. The van der Waals surface area contributed by atoms with Crippen LogP contribution in [0.1, 0.15) is 17.5 Å². The van der Waals surface area contributed by atoms with Crippen LogP contribution in [0.5, 0.6) is 0 Å². The first-order chi connectivity index (χ1) is 6.90. The molecule has 2 nitrogen and oxygen atoms in total. The van der Waals surface area contributed by atoms with Crippen molar-refractivity contribution in [1.29, 1.82) is 0 Å². The smallest absolute Gasteiger partial charge is 0.0443 e. The molecule has 76 valence electrons. The molecule has 1 aromatic rings. The quantitative estimate of drug-likeness (QED) is 0.781. The van der Waals surface area contributed by atoms with Gasteiger partial charge < -0.3 is 5.11 Å². The molecule has 0 amide bonds. The summed E-state index contributed by atoms with van der Waals surface area (Å²) in [6.45, 7) is 3.51. The van der Waals surface area contributed by atoms with Gasteiger partial charge in [-0.1, -0.05) is 24.3 Å². The van der Waals surface area contributed by atoms with E-state index >= 15 is 0 Å². The first-order valence-corrected chi connectivity index (χ1v) is 5.30. The Labute approximate surface area is 85.2 Å². The summed E-state index contributed by atoms with van der Waals surface area (Å²) in [5.74, 6) is 0. The maximum absolute atomic E-state index is 8.77. The Bertz CT molecular complexity index is 298. The largest absolute Gasteiger partial charge is 0.396 e. The molecule has 2 rings (SSSR count). The molecule has 0 radical (unpaired) electrons. The summed E-state index contributed by atoms with van der Waals surface area (Å²) in [5, 5.41) is 8.77. The highest BCUT2D eigenvalue weighted by Crippen LogP contribution is 2.18. The van der Waals surface area contributed by atoms with Crippen LogP contribution in [0.2, 0.25) is 0 Å². The summed E-state index contributed by atoms with van der Waals surface area (Å²) in [4.78, 5) is 2.42. The lowest BCUT2D eigenvalue weighted by molar-refractivity contribution is 0.212. The van der Waals surface area contributed by atoms with Crippen molar-refractivity contribution in [3.05, 3.63) is 35.4 Å². The van der Waals surface area contributed by atoms with Crippen molar-refractivity contribution in [2.24, 2.45) is 0 Å². The average molecular weight is 191 g/mol. The van der Waals surface area contributed by atoms with E-state index in [0.717, 1.165) is 32.5 Å². The number of benzene rings is 1. The maximum Gasteiger partial charge on any atom is 0.0443 e. The molecule has 0 spiro atoms. The number of nitrogens with zero attached hydrogens (tertiary/aromatic N) is 1. The van der Waals surface area contributed by atoms with E-state index in [-0.39, 0.29) is 0 Å². The van der Waals surface area contributed by atoms with Crippen LogP contribution in [0.4, 0.5) is 0 Å². The molecule has 0 aromatic heterocycles. The van der Waals surface area contributed by atoms with Gasteiger partial charge in [-0.2, -0.15) is 0 Å². The minimum Gasteiger partial charge on any atom is -0.396 e. The zero-order chi connectivity index (χ0) is 9.80. The Hall–Kier alpha value is -0.860. The van der Waals surface area contributed by atoms with Crippen molar-refractivity contribution in [3.8, 4) is 0 Å². The fourth-order valence-electron chi connectivity index (χ4n) is 2.04. The Morgan fingerprint density at radius 2 is 2.00 bits per heavy atom. The Morgan fingerprint density at radius 3 is 2.79 bits per heavy atom. The van der Waals surface area contributed by atoms with E-state index in [1.807, 2.05) is 0 Å². The fourth-order valence-corrected chi connectivity index (χ4v) is 2.04. The summed E-state index contributed by atoms with van der Waals surface area (Å²) < 4.78 is 0. The highest BCUT2D eigenvalue weighted by molar-refractivity contribution is 5.28. The van der Waals surface area contributed by atoms with Gasteiger partial charge in [-0.3, -0.25) is 4.90 Å². The maximum atomic E-state index is 8.77. The second-order valence-corrected chi connectivity index (χ2v) is 3.87. The Balaban J connectivity index is 1.99. The Morgan fingerprint density at radius 1 is 1.21 bits per heavy atom. The molecule has 0 fully saturated rings. The molecule has 14 heavy (non-hydrogen) atoms. The molecule has 1 aromatic carbocycles. The van der Waals surface area contributed by atoms with Gasteiger partial charge in [0.1, 0.15) is 0 Å². The summed E-state index contributed by atoms with van der Waals surface area (Å²) in [5.41, 5.74) is 2.95. The molecule has 0 bridgehead atoms. The third kappa shape index (κ3) is 2.14. The van der Waals surface area contributed by atoms with E-state index in [2.05, 4.69) is 29.2 Å². The third-order valence-corrected chi connectivity index (χ3v) is 2.84. The topological polar surface area (TPSA) is 23.5 Å². The SMILES string of the molecule is OCCCN1CCc2ccccc2C1. The van der Waals surface area contributed by atoms with Crippen LogP contribution in [0.25, 0.3) is 0 Å². The highest BCUT2D eigenvalue weighted by Gasteiger charge is 2.14. The standard InChI is InChI=1S/C12H17NO/c14-9-3-7-13-8-6-11-4-1-2-5-12(11)10-13/h1-2,4-5,14H,3,6-10H2. The summed E-state index contributed by atoms with van der Waals surface area (Å²) in [6.07, 6.45) is 2.05. The fraction of sp³-hybridized carbons (Fsp3) is 0.500. The van der Waals surface area contributed by atoms with Crippen LogP contribution in [0, 0.1) is 0 Å². The monoisotopic (exact) mass is 191 g/mol. The summed E-state index contributed by atoms with van der Waals surface area (Å²) >= 11 is 0. The van der Waals surface area contributed by atoms with E-state index in [9.17, 15) is 0 Å². The number of hydrogen-bond donors (Lipinski definition) is 1. The van der Waals surface area contributed by atoms with Gasteiger partial charge in [-0.05, 0) is 24.0 Å². The minimum absolute atomic E-state index is 0.304. The van der Waals surface area contributed by atoms with Crippen molar-refractivity contribution in [2.75, 3.05) is 19.7 Å². The first kappa shape index (κ1) is 9.69. The van der Waals surface area contributed by atoms with Gasteiger partial charge in [0.2, 0.25) is 0 Å². The number of rotatable bonds is 3. The van der Waals surface area contributed by atoms with Gasteiger partial charge in [0.15, 0.2) is 0 Å². The van der Waals surface area contributed by atoms with E-state index in [4.69, 9.17) is 5.11 Å². The van der Waals surface area contributed by atoms with Crippen molar-refractivity contribution in [2.45, 2.75) is 19.4 Å². The van der Waals surface area contributed by atoms with E-state index < -0.39 is 0 Å². The number of aliphatic hydroxyl groups excluding tert-OH is 1. The van der Waals surface area contributed by atoms with Gasteiger partial charge >= 0.3 is 0 Å². The van der Waals surface area contributed by atoms with E-state index in [0.29, 0.717) is 6.61 Å². The van der Waals surface area contributed by atoms with Crippen LogP contribution in [0.3, 0.4) is 0 Å². The lowest BCUT2D eigenvalue weighted by atomic mass is 10.00. The molecule has 0 aliphatic carbocycles. The predicted octanol–water partition coefficient (Wildman–Crippen LogP) is 1.43. The van der Waals surface area contributed by atoms with Gasteiger partial charge in [0.25, 0.3) is 0 Å². The normalized spacial score (nSPS) is 16.6. The van der Waals surface area contributed by atoms with Gasteiger partial charge in [0.05, 0.1) is 0 Å². The van der Waals surface area contributed by atoms with Gasteiger partial charge in [-0.25, -0.2) is 0 Å². The zero-order valence-corrected chi connectivity index (χ0v) is 8.45. The summed E-state index contributed by atoms with van der Waals surface area (Å²) in [7, 11) is 0. The lowest BCUT2D eigenvalue weighted by Crippen LogP contribution is -2.31. The first-order valence-electron chi connectivity index (χ1n) is 5.30. The Kier molecular flexibility index (Phi) is 3.17. The number of fused-ring (bicyclic) bond motifs is 1. The van der Waals surface area contributed by atoms with Crippen LogP contribution in [-0.2, 0) is 13.0 Å². The lowest BCUT2D eigenvalue weighted by Gasteiger charge is -2.28. The molecule has 1 heterocycles. The van der Waals surface area contributed by atoms with Gasteiger partial charge in [-0.15, -0.1) is 0 Å². The molecule has 1 N–H and O–H groups in total. The van der Waals surface area contributed by atoms with E-state index in [1.54, 1.807) is 0 Å². The molecule has 1 aliphatic heterocycles. The number of aliphatic hydroxyl groups is 1. The van der Waals surface area contributed by atoms with Crippen LogP contribution in [0.15, 0.2) is 24.3 Å². The average Bonchev–Trinajstić information content (AvgIpc) is 2.26. The van der Waals surface area contributed by atoms with Crippen molar-refractivity contribution in [1.82, 2.24) is 4.90 Å². The third-order valence-electron chi connectivity index (χ3n) is 2.84. The van der Waals surface area contributed by atoms with E-state index in [1.165, 1.54) is 11.1 Å². The molecule has 1 aliphatic rings. The van der Waals surface area contributed by atoms with Crippen LogP contribution >= 0.6 is 0 Å². The minimum atomic E-state index is 0.304. The molecule has 0 unspecified atom stereocenters. The molecule has 0 atom stereocenters. The van der Waals surface area contributed by atoms with Crippen molar-refractivity contribution in [3.63, 3.8) is 0 Å². The molecule has 2 heteroatoms. The van der Waals surface area contributed by atoms with Crippen molar-refractivity contribution >= 4 is 0 Å². The second-order valence-electron chi connectivity index (χ2n) is 3.87. The molecular formula is C12H17NO. The van der Waals surface area contributed by atoms with Crippen LogP contribution < -0.4 is 0 Å².